The number of carbonyl (C=O) groups is 2. The van der Waals surface area contributed by atoms with Crippen molar-refractivity contribution in [3.8, 4) is 5.75 Å². The number of methoxy groups -OCH3 is 3. The average Bonchev–Trinajstić information content (AvgIpc) is 2.58. The highest BCUT2D eigenvalue weighted by Gasteiger charge is 2.30. The molecule has 0 spiro atoms. The first-order valence-electron chi connectivity index (χ1n) is 6.77. The summed E-state index contributed by atoms with van der Waals surface area (Å²) in [6.45, 7) is 0. The fourth-order valence-corrected chi connectivity index (χ4v) is 2.23. The van der Waals surface area contributed by atoms with Crippen LogP contribution in [-0.4, -0.2) is 33.3 Å². The van der Waals surface area contributed by atoms with Crippen molar-refractivity contribution in [1.29, 1.82) is 0 Å². The van der Waals surface area contributed by atoms with Crippen LogP contribution in [0.25, 0.3) is 11.0 Å². The van der Waals surface area contributed by atoms with Crippen LogP contribution in [0.1, 0.15) is 5.56 Å². The normalized spacial score (nSPS) is 10.6. The molecule has 1 heterocycles. The van der Waals surface area contributed by atoms with Gasteiger partial charge in [0.05, 0.1) is 21.3 Å². The Morgan fingerprint density at radius 1 is 1.13 bits per heavy atom. The zero-order valence-corrected chi connectivity index (χ0v) is 13.0. The van der Waals surface area contributed by atoms with Crippen LogP contribution in [0.2, 0.25) is 0 Å². The first kappa shape index (κ1) is 16.5. The Labute approximate surface area is 131 Å². The lowest BCUT2D eigenvalue weighted by molar-refractivity contribution is -0.158. The molecule has 0 atom stereocenters. The van der Waals surface area contributed by atoms with E-state index >= 15 is 0 Å². The molecule has 0 aliphatic carbocycles. The lowest BCUT2D eigenvalue weighted by Gasteiger charge is -2.12. The highest BCUT2D eigenvalue weighted by atomic mass is 16.5. The minimum atomic E-state index is -1.23. The fraction of sp³-hybridized carbons (Fsp3) is 0.312. The van der Waals surface area contributed by atoms with E-state index in [4.69, 9.17) is 9.15 Å². The maximum atomic E-state index is 12.1. The minimum absolute atomic E-state index is 0.172. The molecule has 0 amide bonds. The van der Waals surface area contributed by atoms with Gasteiger partial charge in [-0.25, -0.2) is 4.79 Å². The molecule has 0 radical (unpaired) electrons. The second-order valence-electron chi connectivity index (χ2n) is 4.74. The first-order chi connectivity index (χ1) is 11.0. The number of para-hydroxylation sites is 1. The Morgan fingerprint density at radius 3 is 2.35 bits per heavy atom. The Balaban J connectivity index is 2.47. The second kappa shape index (κ2) is 6.95. The third-order valence-corrected chi connectivity index (χ3v) is 3.41. The van der Waals surface area contributed by atoms with Crippen LogP contribution in [0.3, 0.4) is 0 Å². The summed E-state index contributed by atoms with van der Waals surface area (Å²) in [6.07, 6.45) is -0.172. The maximum absolute atomic E-state index is 12.1. The van der Waals surface area contributed by atoms with Crippen molar-refractivity contribution in [2.75, 3.05) is 21.3 Å². The summed E-state index contributed by atoms with van der Waals surface area (Å²) in [7, 11) is 3.78. The van der Waals surface area contributed by atoms with Crippen molar-refractivity contribution in [1.82, 2.24) is 0 Å². The van der Waals surface area contributed by atoms with E-state index in [1.54, 1.807) is 24.3 Å². The standard InChI is InChI=1S/C16H16O7/c1-20-12-6-4-5-9-7-10(14(17)23-13(9)12)8-11(15(18)21-2)16(19)22-3/h4-7,11H,8H2,1-3H3. The molecule has 122 valence electrons. The van der Waals surface area contributed by atoms with E-state index in [0.29, 0.717) is 16.7 Å². The third kappa shape index (κ3) is 3.33. The molecule has 7 heteroatoms. The van der Waals surface area contributed by atoms with Gasteiger partial charge in [-0.3, -0.25) is 9.59 Å². The summed E-state index contributed by atoms with van der Waals surface area (Å²) in [5, 5.41) is 0.618. The number of fused-ring (bicyclic) bond motifs is 1. The molecule has 1 aromatic carbocycles. The van der Waals surface area contributed by atoms with Gasteiger partial charge < -0.3 is 18.6 Å². The van der Waals surface area contributed by atoms with Gasteiger partial charge in [-0.05, 0) is 12.1 Å². The fourth-order valence-electron chi connectivity index (χ4n) is 2.23. The third-order valence-electron chi connectivity index (χ3n) is 3.41. The first-order valence-corrected chi connectivity index (χ1v) is 6.77. The van der Waals surface area contributed by atoms with Crippen LogP contribution >= 0.6 is 0 Å². The van der Waals surface area contributed by atoms with Gasteiger partial charge in [0, 0.05) is 17.4 Å². The molecule has 0 bridgehead atoms. The lowest BCUT2D eigenvalue weighted by atomic mass is 10.00. The highest BCUT2D eigenvalue weighted by Crippen LogP contribution is 2.25. The van der Waals surface area contributed by atoms with Crippen molar-refractivity contribution in [2.24, 2.45) is 5.92 Å². The van der Waals surface area contributed by atoms with Crippen molar-refractivity contribution in [2.45, 2.75) is 6.42 Å². The number of hydrogen-bond donors (Lipinski definition) is 0. The molecule has 23 heavy (non-hydrogen) atoms. The molecule has 2 aromatic rings. The Hall–Kier alpha value is -2.83. The topological polar surface area (TPSA) is 92.0 Å². The summed E-state index contributed by atoms with van der Waals surface area (Å²) < 4.78 is 19.5. The van der Waals surface area contributed by atoms with Crippen molar-refractivity contribution in [3.05, 3.63) is 40.2 Å². The van der Waals surface area contributed by atoms with Crippen LogP contribution in [0.15, 0.2) is 33.5 Å². The number of hydrogen-bond acceptors (Lipinski definition) is 7. The quantitative estimate of drug-likeness (QED) is 0.466. The van der Waals surface area contributed by atoms with Gasteiger partial charge in [0.25, 0.3) is 0 Å². The van der Waals surface area contributed by atoms with Gasteiger partial charge in [-0.1, -0.05) is 12.1 Å². The van der Waals surface area contributed by atoms with E-state index in [1.807, 2.05) is 0 Å². The molecule has 0 fully saturated rings. The molecule has 0 N–H and O–H groups in total. The van der Waals surface area contributed by atoms with Crippen molar-refractivity contribution >= 4 is 22.9 Å². The van der Waals surface area contributed by atoms with Crippen LogP contribution in [0.5, 0.6) is 5.75 Å². The molecule has 0 saturated heterocycles. The number of ether oxygens (including phenoxy) is 3. The predicted molar refractivity (Wildman–Crippen MR) is 80.3 cm³/mol. The highest BCUT2D eigenvalue weighted by molar-refractivity contribution is 5.95. The summed E-state index contributed by atoms with van der Waals surface area (Å²) in [5.74, 6) is -2.36. The summed E-state index contributed by atoms with van der Waals surface area (Å²) in [6, 6.07) is 6.69. The monoisotopic (exact) mass is 320 g/mol. The molecule has 0 aliphatic heterocycles. The lowest BCUT2D eigenvalue weighted by Crippen LogP contribution is -2.30. The van der Waals surface area contributed by atoms with Gasteiger partial charge in [-0.2, -0.15) is 0 Å². The number of rotatable bonds is 5. The van der Waals surface area contributed by atoms with Crippen molar-refractivity contribution in [3.63, 3.8) is 0 Å². The van der Waals surface area contributed by atoms with Gasteiger partial charge in [-0.15, -0.1) is 0 Å². The van der Waals surface area contributed by atoms with E-state index in [9.17, 15) is 14.4 Å². The zero-order chi connectivity index (χ0) is 17.0. The summed E-state index contributed by atoms with van der Waals surface area (Å²) >= 11 is 0. The average molecular weight is 320 g/mol. The van der Waals surface area contributed by atoms with Crippen LogP contribution < -0.4 is 10.4 Å². The van der Waals surface area contributed by atoms with Gasteiger partial charge in [0.15, 0.2) is 17.3 Å². The molecule has 7 nitrogen and oxygen atoms in total. The van der Waals surface area contributed by atoms with Gasteiger partial charge >= 0.3 is 17.6 Å². The van der Waals surface area contributed by atoms with Crippen LogP contribution in [0, 0.1) is 5.92 Å². The van der Waals surface area contributed by atoms with Gasteiger partial charge in [0.2, 0.25) is 0 Å². The zero-order valence-electron chi connectivity index (χ0n) is 13.0. The second-order valence-corrected chi connectivity index (χ2v) is 4.74. The van der Waals surface area contributed by atoms with Crippen LogP contribution in [-0.2, 0) is 25.5 Å². The van der Waals surface area contributed by atoms with Gasteiger partial charge in [0.1, 0.15) is 0 Å². The summed E-state index contributed by atoms with van der Waals surface area (Å²) in [4.78, 5) is 35.6. The smallest absolute Gasteiger partial charge is 0.339 e. The maximum Gasteiger partial charge on any atom is 0.339 e. The molecule has 2 rings (SSSR count). The van der Waals surface area contributed by atoms with E-state index in [1.165, 1.54) is 7.11 Å². The van der Waals surface area contributed by atoms with E-state index in [-0.39, 0.29) is 12.0 Å². The Bertz CT molecular complexity index is 775. The molecule has 0 unspecified atom stereocenters. The Kier molecular flexibility index (Phi) is 5.00. The minimum Gasteiger partial charge on any atom is -0.493 e. The summed E-state index contributed by atoms with van der Waals surface area (Å²) in [5.41, 5.74) is -0.178. The molecule has 0 saturated carbocycles. The predicted octanol–water partition coefficient (Wildman–Crippen LogP) is 1.31. The van der Waals surface area contributed by atoms with E-state index in [0.717, 1.165) is 14.2 Å². The molecular weight excluding hydrogens is 304 g/mol. The Morgan fingerprint density at radius 2 is 1.78 bits per heavy atom. The van der Waals surface area contributed by atoms with Crippen molar-refractivity contribution < 1.29 is 28.2 Å². The number of carbonyl (C=O) groups excluding carboxylic acids is 2. The van der Waals surface area contributed by atoms with E-state index < -0.39 is 23.5 Å². The van der Waals surface area contributed by atoms with E-state index in [2.05, 4.69) is 9.47 Å². The SMILES string of the molecule is COC(=O)C(Cc1cc2cccc(OC)c2oc1=O)C(=O)OC. The molecule has 0 aliphatic rings. The molecular formula is C16H16O7. The number of esters is 2. The molecule has 1 aromatic heterocycles. The largest absolute Gasteiger partial charge is 0.493 e. The van der Waals surface area contributed by atoms with Crippen LogP contribution in [0.4, 0.5) is 0 Å². The number of benzene rings is 1.